The highest BCUT2D eigenvalue weighted by Gasteiger charge is 2.29. The molecule has 2 aromatic carbocycles. The van der Waals surface area contributed by atoms with Gasteiger partial charge in [0.05, 0.1) is 10.5 Å². The Kier molecular flexibility index (Phi) is 4.52. The molecule has 0 saturated carbocycles. The van der Waals surface area contributed by atoms with Gasteiger partial charge in [0.25, 0.3) is 0 Å². The van der Waals surface area contributed by atoms with Crippen LogP contribution >= 0.6 is 0 Å². The number of hydrogen-bond acceptors (Lipinski definition) is 5. The van der Waals surface area contributed by atoms with Gasteiger partial charge in [0.15, 0.2) is 0 Å². The van der Waals surface area contributed by atoms with E-state index in [9.17, 15) is 13.7 Å². The summed E-state index contributed by atoms with van der Waals surface area (Å²) >= 11 is 0. The number of anilines is 1. The van der Waals surface area contributed by atoms with E-state index >= 15 is 0 Å². The molecular weight excluding hydrogens is 360 g/mol. The SMILES string of the molecule is N#Cc1cccnc1N1CCN(S(=O)(=O)c2ccc3ccccc3c2)CC1. The summed E-state index contributed by atoms with van der Waals surface area (Å²) in [4.78, 5) is 6.56. The number of nitrogens with zero attached hydrogens (tertiary/aromatic N) is 4. The van der Waals surface area contributed by atoms with Crippen LogP contribution in [0.5, 0.6) is 0 Å². The third-order valence-corrected chi connectivity index (χ3v) is 6.70. The van der Waals surface area contributed by atoms with E-state index in [-0.39, 0.29) is 0 Å². The summed E-state index contributed by atoms with van der Waals surface area (Å²) in [5.41, 5.74) is 0.503. The lowest BCUT2D eigenvalue weighted by molar-refractivity contribution is 0.384. The monoisotopic (exact) mass is 378 g/mol. The van der Waals surface area contributed by atoms with Crippen LogP contribution < -0.4 is 4.90 Å². The first kappa shape index (κ1) is 17.5. The second-order valence-electron chi connectivity index (χ2n) is 6.39. The van der Waals surface area contributed by atoms with E-state index in [0.717, 1.165) is 10.8 Å². The standard InChI is InChI=1S/C20H18N4O2S/c21-15-18-6-3-9-22-20(18)23-10-12-24(13-11-23)27(25,26)19-8-7-16-4-1-2-5-17(16)14-19/h1-9,14H,10-13H2. The summed E-state index contributed by atoms with van der Waals surface area (Å²) < 4.78 is 27.6. The predicted octanol–water partition coefficient (Wildman–Crippen LogP) is 2.62. The van der Waals surface area contributed by atoms with Crippen LogP contribution in [-0.2, 0) is 10.0 Å². The van der Waals surface area contributed by atoms with Gasteiger partial charge in [-0.3, -0.25) is 0 Å². The number of fused-ring (bicyclic) bond motifs is 1. The van der Waals surface area contributed by atoms with Gasteiger partial charge in [-0.2, -0.15) is 9.57 Å². The fourth-order valence-electron chi connectivity index (χ4n) is 3.35. The molecule has 2 heterocycles. The van der Waals surface area contributed by atoms with Crippen LogP contribution in [0.4, 0.5) is 5.82 Å². The summed E-state index contributed by atoms with van der Waals surface area (Å²) in [6.45, 7) is 1.71. The largest absolute Gasteiger partial charge is 0.353 e. The molecule has 27 heavy (non-hydrogen) atoms. The van der Waals surface area contributed by atoms with E-state index in [4.69, 9.17) is 0 Å². The summed E-state index contributed by atoms with van der Waals surface area (Å²) in [7, 11) is -3.55. The highest BCUT2D eigenvalue weighted by atomic mass is 32.2. The van der Waals surface area contributed by atoms with Crippen molar-refractivity contribution in [1.29, 1.82) is 5.26 Å². The number of piperazine rings is 1. The number of sulfonamides is 1. The third-order valence-electron chi connectivity index (χ3n) is 4.80. The van der Waals surface area contributed by atoms with Crippen molar-refractivity contribution in [3.8, 4) is 6.07 Å². The maximum absolute atomic E-state index is 13.0. The zero-order chi connectivity index (χ0) is 18.9. The first-order chi connectivity index (χ1) is 13.1. The molecule has 0 N–H and O–H groups in total. The first-order valence-electron chi connectivity index (χ1n) is 8.68. The van der Waals surface area contributed by atoms with E-state index in [1.165, 1.54) is 4.31 Å². The van der Waals surface area contributed by atoms with Crippen LogP contribution in [-0.4, -0.2) is 43.9 Å². The molecule has 1 fully saturated rings. The summed E-state index contributed by atoms with van der Waals surface area (Å²) in [6, 6.07) is 18.5. The minimum Gasteiger partial charge on any atom is -0.353 e. The molecule has 1 aromatic heterocycles. The second kappa shape index (κ2) is 6.99. The molecule has 7 heteroatoms. The van der Waals surface area contributed by atoms with Crippen molar-refractivity contribution in [3.05, 3.63) is 66.4 Å². The van der Waals surface area contributed by atoms with Crippen LogP contribution in [0, 0.1) is 11.3 Å². The molecule has 0 aliphatic carbocycles. The molecular formula is C20H18N4O2S. The van der Waals surface area contributed by atoms with Gasteiger partial charge in [0, 0.05) is 32.4 Å². The average molecular weight is 378 g/mol. The Labute approximate surface area is 158 Å². The van der Waals surface area contributed by atoms with Gasteiger partial charge in [0.1, 0.15) is 11.9 Å². The average Bonchev–Trinajstić information content (AvgIpc) is 2.73. The molecule has 1 aliphatic rings. The lowest BCUT2D eigenvalue weighted by atomic mass is 10.1. The number of hydrogen-bond donors (Lipinski definition) is 0. The van der Waals surface area contributed by atoms with E-state index < -0.39 is 10.0 Å². The van der Waals surface area contributed by atoms with Crippen LogP contribution in [0.1, 0.15) is 5.56 Å². The van der Waals surface area contributed by atoms with Gasteiger partial charge in [-0.1, -0.05) is 30.3 Å². The fourth-order valence-corrected chi connectivity index (χ4v) is 4.81. The third kappa shape index (κ3) is 3.25. The van der Waals surface area contributed by atoms with Crippen LogP contribution in [0.15, 0.2) is 65.7 Å². The van der Waals surface area contributed by atoms with Crippen molar-refractivity contribution >= 4 is 26.6 Å². The molecule has 0 bridgehead atoms. The molecule has 136 valence electrons. The van der Waals surface area contributed by atoms with E-state index in [1.807, 2.05) is 35.2 Å². The van der Waals surface area contributed by atoms with Gasteiger partial charge < -0.3 is 4.90 Å². The Hall–Kier alpha value is -2.95. The normalized spacial score (nSPS) is 15.6. The second-order valence-corrected chi connectivity index (χ2v) is 8.32. The number of aromatic nitrogens is 1. The smallest absolute Gasteiger partial charge is 0.243 e. The van der Waals surface area contributed by atoms with Gasteiger partial charge in [-0.05, 0) is 35.0 Å². The summed E-state index contributed by atoms with van der Waals surface area (Å²) in [5, 5.41) is 11.2. The van der Waals surface area contributed by atoms with Crippen LogP contribution in [0.3, 0.4) is 0 Å². The molecule has 6 nitrogen and oxygen atoms in total. The van der Waals surface area contributed by atoms with Gasteiger partial charge in [0.2, 0.25) is 10.0 Å². The topological polar surface area (TPSA) is 77.3 Å². The minimum atomic E-state index is -3.55. The summed E-state index contributed by atoms with van der Waals surface area (Å²) in [6.07, 6.45) is 1.65. The van der Waals surface area contributed by atoms with Crippen molar-refractivity contribution in [2.75, 3.05) is 31.1 Å². The Bertz CT molecular complexity index is 1130. The molecule has 0 atom stereocenters. The molecule has 4 rings (SSSR count). The highest BCUT2D eigenvalue weighted by molar-refractivity contribution is 7.89. The Morgan fingerprint density at radius 3 is 2.41 bits per heavy atom. The molecule has 0 amide bonds. The van der Waals surface area contributed by atoms with Crippen LogP contribution in [0.2, 0.25) is 0 Å². The predicted molar refractivity (Wildman–Crippen MR) is 104 cm³/mol. The molecule has 1 aliphatic heterocycles. The molecule has 0 unspecified atom stereocenters. The van der Waals surface area contributed by atoms with E-state index in [2.05, 4.69) is 11.1 Å². The minimum absolute atomic E-state index is 0.310. The number of pyridine rings is 1. The first-order valence-corrected chi connectivity index (χ1v) is 10.1. The van der Waals surface area contributed by atoms with Crippen molar-refractivity contribution in [3.63, 3.8) is 0 Å². The molecule has 0 radical (unpaired) electrons. The zero-order valence-corrected chi connectivity index (χ0v) is 15.4. The van der Waals surface area contributed by atoms with Crippen molar-refractivity contribution < 1.29 is 8.42 Å². The van der Waals surface area contributed by atoms with Crippen molar-refractivity contribution in [1.82, 2.24) is 9.29 Å². The maximum atomic E-state index is 13.0. The number of rotatable bonds is 3. The molecule has 3 aromatic rings. The lowest BCUT2D eigenvalue weighted by Gasteiger charge is -2.35. The number of benzene rings is 2. The van der Waals surface area contributed by atoms with Crippen molar-refractivity contribution in [2.45, 2.75) is 4.90 Å². The Balaban J connectivity index is 1.55. The van der Waals surface area contributed by atoms with Gasteiger partial charge in [-0.25, -0.2) is 13.4 Å². The van der Waals surface area contributed by atoms with E-state index in [1.54, 1.807) is 30.5 Å². The quantitative estimate of drug-likeness (QED) is 0.700. The van der Waals surface area contributed by atoms with Gasteiger partial charge >= 0.3 is 0 Å². The van der Waals surface area contributed by atoms with Crippen molar-refractivity contribution in [2.24, 2.45) is 0 Å². The van der Waals surface area contributed by atoms with E-state index in [0.29, 0.717) is 42.5 Å². The van der Waals surface area contributed by atoms with Gasteiger partial charge in [-0.15, -0.1) is 0 Å². The molecule has 1 saturated heterocycles. The molecule has 0 spiro atoms. The zero-order valence-electron chi connectivity index (χ0n) is 14.6. The Morgan fingerprint density at radius 1 is 0.926 bits per heavy atom. The fraction of sp³-hybridized carbons (Fsp3) is 0.200. The highest BCUT2D eigenvalue weighted by Crippen LogP contribution is 2.24. The van der Waals surface area contributed by atoms with Crippen LogP contribution in [0.25, 0.3) is 10.8 Å². The number of nitriles is 1. The summed E-state index contributed by atoms with van der Waals surface area (Å²) in [5.74, 6) is 0.614. The Morgan fingerprint density at radius 2 is 1.67 bits per heavy atom. The maximum Gasteiger partial charge on any atom is 0.243 e. The lowest BCUT2D eigenvalue weighted by Crippen LogP contribution is -2.49.